The van der Waals surface area contributed by atoms with Crippen LogP contribution >= 0.6 is 0 Å². The largest absolute Gasteiger partial charge is 0.362 e. The van der Waals surface area contributed by atoms with E-state index in [1.54, 1.807) is 12.1 Å². The second kappa shape index (κ2) is 5.69. The van der Waals surface area contributed by atoms with E-state index in [4.69, 9.17) is 0 Å². The molecule has 1 atom stereocenters. The molecule has 0 spiro atoms. The molecule has 0 bridgehead atoms. The number of dihydropyridines is 1. The van der Waals surface area contributed by atoms with Crippen LogP contribution in [0, 0.1) is 11.2 Å². The van der Waals surface area contributed by atoms with E-state index in [1.807, 2.05) is 20.8 Å². The van der Waals surface area contributed by atoms with Crippen molar-refractivity contribution < 1.29 is 14.0 Å². The number of hydrogen-bond acceptors (Lipinski definition) is 3. The van der Waals surface area contributed by atoms with E-state index in [-0.39, 0.29) is 17.4 Å². The van der Waals surface area contributed by atoms with E-state index in [1.165, 1.54) is 19.1 Å². The molecule has 1 unspecified atom stereocenters. The first kappa shape index (κ1) is 16.6. The van der Waals surface area contributed by atoms with Crippen molar-refractivity contribution in [2.75, 3.05) is 0 Å². The Morgan fingerprint density at radius 3 is 2.46 bits per heavy atom. The summed E-state index contributed by atoms with van der Waals surface area (Å²) in [7, 11) is 0. The van der Waals surface area contributed by atoms with Gasteiger partial charge in [-0.1, -0.05) is 26.0 Å². The Labute approximate surface area is 141 Å². The van der Waals surface area contributed by atoms with Crippen molar-refractivity contribution in [3.05, 3.63) is 58.2 Å². The van der Waals surface area contributed by atoms with E-state index in [0.29, 0.717) is 11.1 Å². The highest BCUT2D eigenvalue weighted by Crippen LogP contribution is 2.46. The summed E-state index contributed by atoms with van der Waals surface area (Å²) in [6.07, 6.45) is 1.55. The third-order valence-corrected chi connectivity index (χ3v) is 5.09. The minimum atomic E-state index is -0.452. The fourth-order valence-corrected chi connectivity index (χ4v) is 3.73. The van der Waals surface area contributed by atoms with Crippen LogP contribution in [0.1, 0.15) is 52.0 Å². The first-order valence-corrected chi connectivity index (χ1v) is 8.24. The van der Waals surface area contributed by atoms with Crippen molar-refractivity contribution in [2.24, 2.45) is 5.41 Å². The topological polar surface area (TPSA) is 46.2 Å². The number of rotatable bonds is 2. The summed E-state index contributed by atoms with van der Waals surface area (Å²) in [6.45, 7) is 7.27. The lowest BCUT2D eigenvalue weighted by Crippen LogP contribution is -2.40. The van der Waals surface area contributed by atoms with Gasteiger partial charge in [-0.15, -0.1) is 0 Å². The Bertz CT molecular complexity index is 784. The monoisotopic (exact) mass is 327 g/mol. The molecule has 0 fully saturated rings. The van der Waals surface area contributed by atoms with Crippen molar-refractivity contribution in [1.82, 2.24) is 5.32 Å². The minimum Gasteiger partial charge on any atom is -0.362 e. The second-order valence-corrected chi connectivity index (χ2v) is 7.31. The molecule has 0 saturated carbocycles. The minimum absolute atomic E-state index is 0.0665. The maximum absolute atomic E-state index is 13.3. The summed E-state index contributed by atoms with van der Waals surface area (Å²) < 4.78 is 13.3. The maximum atomic E-state index is 13.3. The van der Waals surface area contributed by atoms with Gasteiger partial charge in [-0.3, -0.25) is 9.59 Å². The fourth-order valence-electron chi connectivity index (χ4n) is 3.73. The van der Waals surface area contributed by atoms with Crippen LogP contribution in [0.2, 0.25) is 0 Å². The third kappa shape index (κ3) is 2.60. The zero-order valence-electron chi connectivity index (χ0n) is 14.5. The lowest BCUT2D eigenvalue weighted by atomic mass is 9.67. The number of carbonyl (C=O) groups excluding carboxylic acids is 2. The molecule has 1 heterocycles. The number of Topliss-reactive ketones (excluding diaryl/α,β-unsaturated/α-hetero) is 2. The molecule has 0 amide bonds. The molecular formula is C20H22FNO2. The van der Waals surface area contributed by atoms with E-state index >= 15 is 0 Å². The lowest BCUT2D eigenvalue weighted by Gasteiger charge is -2.39. The van der Waals surface area contributed by atoms with Gasteiger partial charge in [0.15, 0.2) is 11.6 Å². The van der Waals surface area contributed by atoms with Crippen LogP contribution in [0.25, 0.3) is 0 Å². The first-order chi connectivity index (χ1) is 11.2. The first-order valence-electron chi connectivity index (χ1n) is 8.24. The van der Waals surface area contributed by atoms with Crippen LogP contribution in [0.4, 0.5) is 4.39 Å². The van der Waals surface area contributed by atoms with Crippen LogP contribution in [0.15, 0.2) is 46.8 Å². The third-order valence-electron chi connectivity index (χ3n) is 5.09. The normalized spacial score (nSPS) is 23.0. The van der Waals surface area contributed by atoms with Crippen LogP contribution in [-0.4, -0.2) is 11.6 Å². The van der Waals surface area contributed by atoms with Crippen LogP contribution in [0.5, 0.6) is 0 Å². The van der Waals surface area contributed by atoms with Crippen LogP contribution in [0.3, 0.4) is 0 Å². The molecule has 1 aliphatic carbocycles. The number of carbonyl (C=O) groups is 2. The predicted octanol–water partition coefficient (Wildman–Crippen LogP) is 4.02. The summed E-state index contributed by atoms with van der Waals surface area (Å²) in [4.78, 5) is 25.4. The quantitative estimate of drug-likeness (QED) is 0.892. The van der Waals surface area contributed by atoms with Crippen molar-refractivity contribution in [3.8, 4) is 0 Å². The van der Waals surface area contributed by atoms with Gasteiger partial charge >= 0.3 is 0 Å². The van der Waals surface area contributed by atoms with Crippen molar-refractivity contribution >= 4 is 11.6 Å². The number of halogens is 1. The number of benzene rings is 1. The maximum Gasteiger partial charge on any atom is 0.167 e. The summed E-state index contributed by atoms with van der Waals surface area (Å²) in [5.74, 6) is -0.762. The summed E-state index contributed by atoms with van der Waals surface area (Å²) in [5.41, 5.74) is 3.26. The van der Waals surface area contributed by atoms with E-state index in [2.05, 4.69) is 5.32 Å². The lowest BCUT2D eigenvalue weighted by molar-refractivity contribution is -0.124. The van der Waals surface area contributed by atoms with Gasteiger partial charge in [0.1, 0.15) is 5.82 Å². The van der Waals surface area contributed by atoms with Gasteiger partial charge in [-0.05, 0) is 44.4 Å². The highest BCUT2D eigenvalue weighted by Gasteiger charge is 2.43. The van der Waals surface area contributed by atoms with Crippen LogP contribution in [-0.2, 0) is 9.59 Å². The number of allylic oxidation sites excluding steroid dienone is 4. The van der Waals surface area contributed by atoms with Crippen molar-refractivity contribution in [1.29, 1.82) is 0 Å². The Morgan fingerprint density at radius 1 is 1.25 bits per heavy atom. The van der Waals surface area contributed by atoms with Gasteiger partial charge < -0.3 is 5.32 Å². The number of ketones is 2. The zero-order valence-corrected chi connectivity index (χ0v) is 14.5. The SMILES string of the molecule is CC(=O)C1=C(C)NC2=C(C(=O)C(C)(C)CC2)C1c1ccc(F)cc1. The highest BCUT2D eigenvalue weighted by molar-refractivity contribution is 6.07. The van der Waals surface area contributed by atoms with Gasteiger partial charge in [0, 0.05) is 33.9 Å². The van der Waals surface area contributed by atoms with Gasteiger partial charge in [-0.2, -0.15) is 0 Å². The second-order valence-electron chi connectivity index (χ2n) is 7.31. The number of nitrogens with one attached hydrogen (secondary N) is 1. The summed E-state index contributed by atoms with van der Waals surface area (Å²) >= 11 is 0. The fraction of sp³-hybridized carbons (Fsp3) is 0.400. The standard InChI is InChI=1S/C20H22FNO2/c1-11-16(12(2)23)17(13-5-7-14(21)8-6-13)18-15(22-11)9-10-20(3,4)19(18)24/h5-8,17,22H,9-10H2,1-4H3. The Balaban J connectivity index is 2.21. The van der Waals surface area contributed by atoms with E-state index in [9.17, 15) is 14.0 Å². The molecule has 1 aromatic rings. The molecule has 0 radical (unpaired) electrons. The smallest absolute Gasteiger partial charge is 0.167 e. The van der Waals surface area contributed by atoms with Gasteiger partial charge in [0.25, 0.3) is 0 Å². The Kier molecular flexibility index (Phi) is 3.94. The molecule has 0 saturated heterocycles. The Hall–Kier alpha value is -2.23. The summed E-state index contributed by atoms with van der Waals surface area (Å²) in [6, 6.07) is 6.09. The molecular weight excluding hydrogens is 305 g/mol. The van der Waals surface area contributed by atoms with Crippen molar-refractivity contribution in [3.63, 3.8) is 0 Å². The van der Waals surface area contributed by atoms with E-state index < -0.39 is 11.3 Å². The average Bonchev–Trinajstić information content (AvgIpc) is 2.51. The predicted molar refractivity (Wildman–Crippen MR) is 90.7 cm³/mol. The van der Waals surface area contributed by atoms with Gasteiger partial charge in [0.2, 0.25) is 0 Å². The molecule has 1 N–H and O–H groups in total. The van der Waals surface area contributed by atoms with Gasteiger partial charge in [0.05, 0.1) is 0 Å². The molecule has 3 rings (SSSR count). The molecule has 3 nitrogen and oxygen atoms in total. The number of hydrogen-bond donors (Lipinski definition) is 1. The van der Waals surface area contributed by atoms with Gasteiger partial charge in [-0.25, -0.2) is 4.39 Å². The van der Waals surface area contributed by atoms with Crippen molar-refractivity contribution in [2.45, 2.75) is 46.5 Å². The van der Waals surface area contributed by atoms with E-state index in [0.717, 1.165) is 29.8 Å². The molecule has 0 aromatic heterocycles. The average molecular weight is 327 g/mol. The van der Waals surface area contributed by atoms with Crippen LogP contribution < -0.4 is 5.32 Å². The molecule has 1 aliphatic heterocycles. The Morgan fingerprint density at radius 2 is 1.88 bits per heavy atom. The highest BCUT2D eigenvalue weighted by atomic mass is 19.1. The molecule has 4 heteroatoms. The molecule has 2 aliphatic rings. The molecule has 1 aromatic carbocycles. The summed E-state index contributed by atoms with van der Waals surface area (Å²) in [5, 5.41) is 3.27. The molecule has 24 heavy (non-hydrogen) atoms. The molecule has 126 valence electrons. The zero-order chi connectivity index (χ0) is 17.6.